The Labute approximate surface area is 116 Å². The molecule has 0 fully saturated rings. The number of nitrogens with zero attached hydrogens (tertiary/aromatic N) is 1. The van der Waals surface area contributed by atoms with Crippen molar-refractivity contribution in [2.45, 2.75) is 6.04 Å². The van der Waals surface area contributed by atoms with Crippen molar-refractivity contribution in [1.82, 2.24) is 4.98 Å². The first-order chi connectivity index (χ1) is 9.20. The van der Waals surface area contributed by atoms with Crippen LogP contribution in [0.1, 0.15) is 11.6 Å². The fourth-order valence-electron chi connectivity index (χ4n) is 1.69. The zero-order valence-electron chi connectivity index (χ0n) is 10.3. The van der Waals surface area contributed by atoms with E-state index in [0.29, 0.717) is 5.02 Å². The summed E-state index contributed by atoms with van der Waals surface area (Å²) in [6.07, 6.45) is 3.27. The van der Waals surface area contributed by atoms with Gasteiger partial charge in [-0.1, -0.05) is 23.7 Å². The fraction of sp³-hybridized carbons (Fsp3) is 0.143. The van der Waals surface area contributed by atoms with Gasteiger partial charge in [0.2, 0.25) is 0 Å². The van der Waals surface area contributed by atoms with Crippen molar-refractivity contribution in [2.75, 3.05) is 12.4 Å². The van der Waals surface area contributed by atoms with E-state index in [-0.39, 0.29) is 5.97 Å². The summed E-state index contributed by atoms with van der Waals surface area (Å²) in [5.41, 5.74) is 1.47. The van der Waals surface area contributed by atoms with Crippen LogP contribution in [0.4, 0.5) is 5.69 Å². The minimum absolute atomic E-state index is 0.382. The Hall–Kier alpha value is -2.07. The molecule has 19 heavy (non-hydrogen) atoms. The van der Waals surface area contributed by atoms with Crippen molar-refractivity contribution in [2.24, 2.45) is 0 Å². The van der Waals surface area contributed by atoms with Crippen molar-refractivity contribution in [3.63, 3.8) is 0 Å². The SMILES string of the molecule is COC(=O)C(Nc1cccc(Cl)c1)c1cccnc1. The molecule has 0 radical (unpaired) electrons. The fourth-order valence-corrected chi connectivity index (χ4v) is 1.88. The molecular formula is C14H13ClN2O2. The molecule has 0 saturated heterocycles. The average Bonchev–Trinajstić information content (AvgIpc) is 2.45. The van der Waals surface area contributed by atoms with E-state index in [1.54, 1.807) is 30.6 Å². The van der Waals surface area contributed by atoms with Gasteiger partial charge in [0.15, 0.2) is 6.04 Å². The molecule has 0 aliphatic rings. The molecular weight excluding hydrogens is 264 g/mol. The third kappa shape index (κ3) is 3.45. The van der Waals surface area contributed by atoms with Gasteiger partial charge in [0, 0.05) is 28.7 Å². The molecule has 1 unspecified atom stereocenters. The number of rotatable bonds is 4. The minimum atomic E-state index is -0.614. The van der Waals surface area contributed by atoms with Gasteiger partial charge < -0.3 is 10.1 Å². The summed E-state index contributed by atoms with van der Waals surface area (Å²) < 4.78 is 4.81. The molecule has 1 N–H and O–H groups in total. The largest absolute Gasteiger partial charge is 0.467 e. The van der Waals surface area contributed by atoms with Crippen LogP contribution in [0.5, 0.6) is 0 Å². The van der Waals surface area contributed by atoms with Gasteiger partial charge in [0.25, 0.3) is 0 Å². The maximum absolute atomic E-state index is 11.9. The van der Waals surface area contributed by atoms with Gasteiger partial charge in [-0.05, 0) is 24.3 Å². The third-order valence-electron chi connectivity index (χ3n) is 2.59. The monoisotopic (exact) mass is 276 g/mol. The second-order valence-corrected chi connectivity index (χ2v) is 4.33. The first-order valence-corrected chi connectivity index (χ1v) is 6.08. The van der Waals surface area contributed by atoms with Gasteiger partial charge in [-0.25, -0.2) is 4.79 Å². The molecule has 5 heteroatoms. The quantitative estimate of drug-likeness (QED) is 0.872. The third-order valence-corrected chi connectivity index (χ3v) is 2.83. The van der Waals surface area contributed by atoms with Crippen LogP contribution in [0.2, 0.25) is 5.02 Å². The van der Waals surface area contributed by atoms with E-state index >= 15 is 0 Å². The molecule has 1 atom stereocenters. The molecule has 4 nitrogen and oxygen atoms in total. The van der Waals surface area contributed by atoms with Crippen LogP contribution < -0.4 is 5.32 Å². The summed E-state index contributed by atoms with van der Waals surface area (Å²) in [5.74, 6) is -0.382. The van der Waals surface area contributed by atoms with Crippen LogP contribution in [-0.2, 0) is 9.53 Å². The van der Waals surface area contributed by atoms with E-state index in [1.165, 1.54) is 7.11 Å². The molecule has 1 aromatic heterocycles. The zero-order valence-corrected chi connectivity index (χ0v) is 11.1. The number of carbonyl (C=O) groups is 1. The van der Waals surface area contributed by atoms with Crippen molar-refractivity contribution in [3.05, 3.63) is 59.4 Å². The van der Waals surface area contributed by atoms with E-state index < -0.39 is 6.04 Å². The predicted molar refractivity (Wildman–Crippen MR) is 74.1 cm³/mol. The number of methoxy groups -OCH3 is 1. The van der Waals surface area contributed by atoms with E-state index in [2.05, 4.69) is 10.3 Å². The Balaban J connectivity index is 2.27. The van der Waals surface area contributed by atoms with Gasteiger partial charge in [-0.15, -0.1) is 0 Å². The summed E-state index contributed by atoms with van der Waals surface area (Å²) in [6, 6.07) is 10.1. The van der Waals surface area contributed by atoms with E-state index in [4.69, 9.17) is 16.3 Å². The number of pyridine rings is 1. The van der Waals surface area contributed by atoms with Crippen molar-refractivity contribution < 1.29 is 9.53 Å². The van der Waals surface area contributed by atoms with Crippen molar-refractivity contribution >= 4 is 23.3 Å². The highest BCUT2D eigenvalue weighted by Crippen LogP contribution is 2.22. The number of hydrogen-bond acceptors (Lipinski definition) is 4. The molecule has 1 heterocycles. The van der Waals surface area contributed by atoms with Crippen LogP contribution in [0.25, 0.3) is 0 Å². The van der Waals surface area contributed by atoms with Gasteiger partial charge in [-0.3, -0.25) is 4.98 Å². The highest BCUT2D eigenvalue weighted by Gasteiger charge is 2.21. The molecule has 0 bridgehead atoms. The second kappa shape index (κ2) is 6.20. The molecule has 2 rings (SSSR count). The highest BCUT2D eigenvalue weighted by molar-refractivity contribution is 6.30. The van der Waals surface area contributed by atoms with E-state index in [9.17, 15) is 4.79 Å². The lowest BCUT2D eigenvalue weighted by atomic mass is 10.1. The molecule has 0 aliphatic heterocycles. The Morgan fingerprint density at radius 3 is 2.84 bits per heavy atom. The summed E-state index contributed by atoms with van der Waals surface area (Å²) in [5, 5.41) is 3.68. The summed E-state index contributed by atoms with van der Waals surface area (Å²) in [6.45, 7) is 0. The molecule has 0 aliphatic carbocycles. The Bertz CT molecular complexity index is 560. The lowest BCUT2D eigenvalue weighted by molar-refractivity contribution is -0.141. The predicted octanol–water partition coefficient (Wildman–Crippen LogP) is 3.06. The summed E-state index contributed by atoms with van der Waals surface area (Å²) in [4.78, 5) is 15.9. The van der Waals surface area contributed by atoms with Crippen LogP contribution >= 0.6 is 11.6 Å². The second-order valence-electron chi connectivity index (χ2n) is 3.90. The first kappa shape index (κ1) is 13.4. The molecule has 98 valence electrons. The maximum Gasteiger partial charge on any atom is 0.333 e. The summed E-state index contributed by atoms with van der Waals surface area (Å²) in [7, 11) is 1.35. The van der Waals surface area contributed by atoms with Gasteiger partial charge in [-0.2, -0.15) is 0 Å². The number of nitrogens with one attached hydrogen (secondary N) is 1. The lowest BCUT2D eigenvalue weighted by Gasteiger charge is -2.17. The zero-order chi connectivity index (χ0) is 13.7. The molecule has 0 spiro atoms. The number of esters is 1. The molecule has 2 aromatic rings. The van der Waals surface area contributed by atoms with Crippen LogP contribution in [-0.4, -0.2) is 18.1 Å². The molecule has 0 amide bonds. The Morgan fingerprint density at radius 2 is 2.21 bits per heavy atom. The smallest absolute Gasteiger partial charge is 0.333 e. The van der Waals surface area contributed by atoms with Gasteiger partial charge in [0.05, 0.1) is 7.11 Å². The van der Waals surface area contributed by atoms with Crippen LogP contribution in [0, 0.1) is 0 Å². The maximum atomic E-state index is 11.9. The lowest BCUT2D eigenvalue weighted by Crippen LogP contribution is -2.22. The topological polar surface area (TPSA) is 51.2 Å². The normalized spacial score (nSPS) is 11.7. The number of halogens is 1. The highest BCUT2D eigenvalue weighted by atomic mass is 35.5. The van der Waals surface area contributed by atoms with E-state index in [1.807, 2.05) is 18.2 Å². The van der Waals surface area contributed by atoms with E-state index in [0.717, 1.165) is 11.3 Å². The standard InChI is InChI=1S/C14H13ClN2O2/c1-19-14(18)13(10-4-3-7-16-9-10)17-12-6-2-5-11(15)8-12/h2-9,13,17H,1H3. The number of benzene rings is 1. The number of ether oxygens (including phenoxy) is 1. The number of aromatic nitrogens is 1. The number of carbonyl (C=O) groups excluding carboxylic acids is 1. The van der Waals surface area contributed by atoms with Gasteiger partial charge >= 0.3 is 5.97 Å². The summed E-state index contributed by atoms with van der Waals surface area (Å²) >= 11 is 5.92. The van der Waals surface area contributed by atoms with Crippen LogP contribution in [0.3, 0.4) is 0 Å². The average molecular weight is 277 g/mol. The van der Waals surface area contributed by atoms with Gasteiger partial charge in [0.1, 0.15) is 0 Å². The molecule has 1 aromatic carbocycles. The van der Waals surface area contributed by atoms with Crippen molar-refractivity contribution in [3.8, 4) is 0 Å². The van der Waals surface area contributed by atoms with Crippen molar-refractivity contribution in [1.29, 1.82) is 0 Å². The molecule has 0 saturated carbocycles. The minimum Gasteiger partial charge on any atom is -0.467 e. The first-order valence-electron chi connectivity index (χ1n) is 5.70. The number of hydrogen-bond donors (Lipinski definition) is 1. The Morgan fingerprint density at radius 1 is 1.37 bits per heavy atom. The number of anilines is 1. The van der Waals surface area contributed by atoms with Crippen LogP contribution in [0.15, 0.2) is 48.8 Å². The Kier molecular flexibility index (Phi) is 4.36.